The van der Waals surface area contributed by atoms with Crippen molar-refractivity contribution in [1.82, 2.24) is 10.2 Å². The van der Waals surface area contributed by atoms with Gasteiger partial charge in [-0.1, -0.05) is 13.8 Å². The van der Waals surface area contributed by atoms with Gasteiger partial charge in [0.2, 0.25) is 0 Å². The van der Waals surface area contributed by atoms with E-state index >= 15 is 0 Å². The minimum atomic E-state index is 0.392. The van der Waals surface area contributed by atoms with Crippen molar-refractivity contribution in [3.8, 4) is 0 Å². The minimum Gasteiger partial charge on any atom is -0.310 e. The Bertz CT molecular complexity index is 135. The van der Waals surface area contributed by atoms with Crippen molar-refractivity contribution in [3.05, 3.63) is 0 Å². The number of hydrogen-bond acceptors (Lipinski definition) is 2. The summed E-state index contributed by atoms with van der Waals surface area (Å²) in [6.07, 6.45) is 2.68. The molecule has 0 radical (unpaired) electrons. The van der Waals surface area contributed by atoms with Crippen molar-refractivity contribution in [2.24, 2.45) is 5.92 Å². The van der Waals surface area contributed by atoms with Crippen LogP contribution in [0.1, 0.15) is 26.7 Å². The van der Waals surface area contributed by atoms with E-state index in [9.17, 15) is 0 Å². The Morgan fingerprint density at radius 2 is 2.08 bits per heavy atom. The van der Waals surface area contributed by atoms with Gasteiger partial charge in [-0.3, -0.25) is 0 Å². The highest BCUT2D eigenvalue weighted by atomic mass is 15.1. The second-order valence-corrected chi connectivity index (χ2v) is 4.58. The Kier molecular flexibility index (Phi) is 3.13. The quantitative estimate of drug-likeness (QED) is 0.687. The van der Waals surface area contributed by atoms with E-state index in [0.717, 1.165) is 5.92 Å². The van der Waals surface area contributed by atoms with Crippen molar-refractivity contribution in [2.45, 2.75) is 32.2 Å². The molecule has 0 spiro atoms. The van der Waals surface area contributed by atoms with E-state index in [2.05, 4.69) is 38.2 Å². The molecule has 1 heterocycles. The third-order valence-electron chi connectivity index (χ3n) is 2.98. The largest absolute Gasteiger partial charge is 0.310 e. The van der Waals surface area contributed by atoms with Crippen LogP contribution in [0.25, 0.3) is 0 Å². The summed E-state index contributed by atoms with van der Waals surface area (Å²) in [4.78, 5) is 2.29. The Morgan fingerprint density at radius 1 is 1.42 bits per heavy atom. The Hall–Kier alpha value is -0.0800. The number of hydrogen-bond donors (Lipinski definition) is 1. The van der Waals surface area contributed by atoms with Crippen LogP contribution in [-0.4, -0.2) is 37.6 Å². The van der Waals surface area contributed by atoms with Crippen LogP contribution in [0.2, 0.25) is 0 Å². The van der Waals surface area contributed by atoms with Gasteiger partial charge in [-0.05, 0) is 39.4 Å². The van der Waals surface area contributed by atoms with Crippen molar-refractivity contribution in [2.75, 3.05) is 27.2 Å². The van der Waals surface area contributed by atoms with E-state index in [4.69, 9.17) is 0 Å². The van der Waals surface area contributed by atoms with E-state index in [1.54, 1.807) is 0 Å². The lowest BCUT2D eigenvalue weighted by Gasteiger charge is -2.36. The third kappa shape index (κ3) is 1.99. The molecule has 1 saturated heterocycles. The van der Waals surface area contributed by atoms with Crippen LogP contribution in [0.15, 0.2) is 0 Å². The molecule has 2 nitrogen and oxygen atoms in total. The first kappa shape index (κ1) is 10.0. The third-order valence-corrected chi connectivity index (χ3v) is 2.98. The predicted molar refractivity (Wildman–Crippen MR) is 53.4 cm³/mol. The van der Waals surface area contributed by atoms with Gasteiger partial charge in [0.25, 0.3) is 0 Å². The van der Waals surface area contributed by atoms with Gasteiger partial charge >= 0.3 is 0 Å². The van der Waals surface area contributed by atoms with E-state index < -0.39 is 0 Å². The van der Waals surface area contributed by atoms with Gasteiger partial charge in [0.1, 0.15) is 0 Å². The summed E-state index contributed by atoms with van der Waals surface area (Å²) >= 11 is 0. The zero-order chi connectivity index (χ0) is 9.19. The Balaban J connectivity index is 2.59. The molecule has 0 aromatic rings. The van der Waals surface area contributed by atoms with Gasteiger partial charge in [0.15, 0.2) is 0 Å². The molecule has 0 aromatic carbocycles. The van der Waals surface area contributed by atoms with Crippen molar-refractivity contribution in [3.63, 3.8) is 0 Å². The maximum absolute atomic E-state index is 3.66. The molecule has 1 aliphatic heterocycles. The molecule has 1 aliphatic rings. The monoisotopic (exact) mass is 170 g/mol. The van der Waals surface area contributed by atoms with E-state index in [0.29, 0.717) is 5.54 Å². The van der Waals surface area contributed by atoms with Crippen LogP contribution in [0, 0.1) is 5.92 Å². The first-order valence-electron chi connectivity index (χ1n) is 4.96. The van der Waals surface area contributed by atoms with E-state index in [-0.39, 0.29) is 0 Å². The van der Waals surface area contributed by atoms with Crippen LogP contribution in [0.4, 0.5) is 0 Å². The standard InChI is InChI=1S/C10H22N2/c1-9(2)10(8-12(3)4)6-5-7-11-10/h9,11H,5-8H2,1-4H3. The van der Waals surface area contributed by atoms with E-state index in [1.165, 1.54) is 25.9 Å². The molecule has 2 heteroatoms. The van der Waals surface area contributed by atoms with Gasteiger partial charge in [-0.25, -0.2) is 0 Å². The molecule has 0 aromatic heterocycles. The number of nitrogens with one attached hydrogen (secondary N) is 1. The van der Waals surface area contributed by atoms with Gasteiger partial charge in [0.05, 0.1) is 0 Å². The fraction of sp³-hybridized carbons (Fsp3) is 1.00. The first-order chi connectivity index (χ1) is 5.57. The summed E-state index contributed by atoms with van der Waals surface area (Å²) in [6, 6.07) is 0. The second kappa shape index (κ2) is 3.75. The van der Waals surface area contributed by atoms with Crippen LogP contribution < -0.4 is 5.32 Å². The molecule has 0 amide bonds. The molecular weight excluding hydrogens is 148 g/mol. The summed E-state index contributed by atoms with van der Waals surface area (Å²) in [5, 5.41) is 3.66. The normalized spacial score (nSPS) is 30.5. The number of rotatable bonds is 3. The molecule has 1 unspecified atom stereocenters. The SMILES string of the molecule is CC(C)C1(CN(C)C)CCCN1. The van der Waals surface area contributed by atoms with Crippen LogP contribution in [0.3, 0.4) is 0 Å². The summed E-state index contributed by atoms with van der Waals surface area (Å²) in [6.45, 7) is 7.01. The highest BCUT2D eigenvalue weighted by molar-refractivity contribution is 4.97. The molecule has 0 aliphatic carbocycles. The van der Waals surface area contributed by atoms with Crippen LogP contribution in [-0.2, 0) is 0 Å². The smallest absolute Gasteiger partial charge is 0.0332 e. The topological polar surface area (TPSA) is 15.3 Å². The average molecular weight is 170 g/mol. The lowest BCUT2D eigenvalue weighted by molar-refractivity contribution is 0.197. The summed E-state index contributed by atoms with van der Waals surface area (Å²) in [7, 11) is 4.31. The van der Waals surface area contributed by atoms with Gasteiger partial charge in [-0.15, -0.1) is 0 Å². The highest BCUT2D eigenvalue weighted by Gasteiger charge is 2.36. The summed E-state index contributed by atoms with van der Waals surface area (Å²) < 4.78 is 0. The van der Waals surface area contributed by atoms with Crippen molar-refractivity contribution < 1.29 is 0 Å². The van der Waals surface area contributed by atoms with Gasteiger partial charge in [0, 0.05) is 12.1 Å². The zero-order valence-electron chi connectivity index (χ0n) is 8.85. The summed E-state index contributed by atoms with van der Waals surface area (Å²) in [5.74, 6) is 0.738. The summed E-state index contributed by atoms with van der Waals surface area (Å²) in [5.41, 5.74) is 0.392. The van der Waals surface area contributed by atoms with Gasteiger partial charge < -0.3 is 10.2 Å². The average Bonchev–Trinajstić information content (AvgIpc) is 2.35. The molecule has 1 fully saturated rings. The number of likely N-dealkylation sites (N-methyl/N-ethyl adjacent to an activating group) is 1. The molecule has 0 saturated carbocycles. The molecule has 1 rings (SSSR count). The molecule has 12 heavy (non-hydrogen) atoms. The maximum Gasteiger partial charge on any atom is 0.0332 e. The highest BCUT2D eigenvalue weighted by Crippen LogP contribution is 2.27. The molecule has 72 valence electrons. The van der Waals surface area contributed by atoms with Crippen LogP contribution in [0.5, 0.6) is 0 Å². The molecule has 1 N–H and O–H groups in total. The van der Waals surface area contributed by atoms with Crippen LogP contribution >= 0.6 is 0 Å². The van der Waals surface area contributed by atoms with Crippen molar-refractivity contribution in [1.29, 1.82) is 0 Å². The Morgan fingerprint density at radius 3 is 2.42 bits per heavy atom. The maximum atomic E-state index is 3.66. The first-order valence-corrected chi connectivity index (χ1v) is 4.96. The van der Waals surface area contributed by atoms with E-state index in [1.807, 2.05) is 0 Å². The fourth-order valence-corrected chi connectivity index (χ4v) is 2.20. The lowest BCUT2D eigenvalue weighted by atomic mass is 9.84. The van der Waals surface area contributed by atoms with Crippen molar-refractivity contribution >= 4 is 0 Å². The zero-order valence-corrected chi connectivity index (χ0v) is 8.85. The number of nitrogens with zero attached hydrogens (tertiary/aromatic N) is 1. The predicted octanol–water partition coefficient (Wildman–Crippen LogP) is 1.33. The second-order valence-electron chi connectivity index (χ2n) is 4.58. The lowest BCUT2D eigenvalue weighted by Crippen LogP contribution is -2.52. The molecular formula is C10H22N2. The minimum absolute atomic E-state index is 0.392. The molecule has 0 bridgehead atoms. The Labute approximate surface area is 76.3 Å². The fourth-order valence-electron chi connectivity index (χ4n) is 2.20. The molecule has 1 atom stereocenters. The van der Waals surface area contributed by atoms with Gasteiger partial charge in [-0.2, -0.15) is 0 Å².